The average molecular weight is 497 g/mol. The Morgan fingerprint density at radius 1 is 1.00 bits per heavy atom. The van der Waals surface area contributed by atoms with Crippen molar-refractivity contribution in [1.29, 1.82) is 0 Å². The first-order valence-electron chi connectivity index (χ1n) is 12.1. The number of carbonyl (C=O) groups excluding carboxylic acids is 1. The molecule has 2 aromatic carbocycles. The summed E-state index contributed by atoms with van der Waals surface area (Å²) in [7, 11) is 1.62. The first-order chi connectivity index (χ1) is 18.2. The van der Waals surface area contributed by atoms with E-state index in [0.717, 1.165) is 28.3 Å². The molecular weight excluding hydrogens is 468 g/mol. The quantitative estimate of drug-likeness (QED) is 0.418. The predicted octanol–water partition coefficient (Wildman–Crippen LogP) is 4.25. The van der Waals surface area contributed by atoms with E-state index in [2.05, 4.69) is 10.3 Å². The van der Waals surface area contributed by atoms with Crippen molar-refractivity contribution in [3.63, 3.8) is 0 Å². The van der Waals surface area contributed by atoms with Crippen LogP contribution in [0.25, 0.3) is 17.1 Å². The molecule has 0 saturated heterocycles. The molecule has 188 valence electrons. The topological polar surface area (TPSA) is 87.5 Å². The largest absolute Gasteiger partial charge is 0.490 e. The van der Waals surface area contributed by atoms with Crippen LogP contribution in [0.15, 0.2) is 91.3 Å². The minimum Gasteiger partial charge on any atom is -0.490 e. The van der Waals surface area contributed by atoms with Crippen molar-refractivity contribution in [2.24, 2.45) is 0 Å². The normalized spacial score (nSPS) is 16.8. The SMILES string of the molecule is COC[C@@H]1Cc2ccc(cc2)OC/C=C/COc2cccc(c2)-c2ccn(n2)-c2ncccc2C(=O)N1. The van der Waals surface area contributed by atoms with Gasteiger partial charge in [-0.25, -0.2) is 9.67 Å². The lowest BCUT2D eigenvalue weighted by molar-refractivity contribution is 0.0896. The summed E-state index contributed by atoms with van der Waals surface area (Å²) in [6.45, 7) is 1.23. The highest BCUT2D eigenvalue weighted by Gasteiger charge is 2.19. The number of carbonyl (C=O) groups is 1. The van der Waals surface area contributed by atoms with Crippen LogP contribution in [0.1, 0.15) is 15.9 Å². The Labute approximate surface area is 215 Å². The Hall–Kier alpha value is -4.43. The molecule has 4 heterocycles. The lowest BCUT2D eigenvalue weighted by atomic mass is 10.1. The molecule has 0 aliphatic carbocycles. The summed E-state index contributed by atoms with van der Waals surface area (Å²) in [6, 6.07) is 20.7. The zero-order valence-electron chi connectivity index (χ0n) is 20.5. The number of aromatic nitrogens is 3. The van der Waals surface area contributed by atoms with Gasteiger partial charge in [0.2, 0.25) is 0 Å². The van der Waals surface area contributed by atoms with Gasteiger partial charge in [-0.2, -0.15) is 5.10 Å². The summed E-state index contributed by atoms with van der Waals surface area (Å²) >= 11 is 0. The van der Waals surface area contributed by atoms with Gasteiger partial charge in [-0.1, -0.05) is 24.3 Å². The van der Waals surface area contributed by atoms with Crippen molar-refractivity contribution in [3.8, 4) is 28.6 Å². The molecule has 2 aromatic heterocycles. The summed E-state index contributed by atoms with van der Waals surface area (Å²) in [5.41, 5.74) is 3.13. The van der Waals surface area contributed by atoms with Crippen LogP contribution in [0.3, 0.4) is 0 Å². The van der Waals surface area contributed by atoms with Crippen molar-refractivity contribution in [3.05, 3.63) is 102 Å². The maximum absolute atomic E-state index is 13.4. The fourth-order valence-electron chi connectivity index (χ4n) is 4.14. The standard InChI is InChI=1S/C29H28N4O4/c1-35-20-23-18-21-9-11-24(12-10-21)36-16-2-3-17-37-25-7-4-6-22(19-25)27-13-15-33(32-27)28-26(29(34)31-23)8-5-14-30-28/h2-15,19,23H,16-18,20H2,1H3,(H,31,34)/b3-2+/t23-/m0/s1. The van der Waals surface area contributed by atoms with E-state index in [4.69, 9.17) is 19.3 Å². The molecule has 0 saturated carbocycles. The van der Waals surface area contributed by atoms with Gasteiger partial charge >= 0.3 is 0 Å². The molecule has 37 heavy (non-hydrogen) atoms. The Balaban J connectivity index is 1.49. The van der Waals surface area contributed by atoms with Crippen LogP contribution in [0.4, 0.5) is 0 Å². The van der Waals surface area contributed by atoms with E-state index in [-0.39, 0.29) is 11.9 Å². The summed E-state index contributed by atoms with van der Waals surface area (Å²) < 4.78 is 18.7. The fourth-order valence-corrected chi connectivity index (χ4v) is 4.14. The molecule has 8 nitrogen and oxygen atoms in total. The van der Waals surface area contributed by atoms with E-state index < -0.39 is 0 Å². The second kappa shape index (κ2) is 11.5. The first-order valence-corrected chi connectivity index (χ1v) is 12.1. The third kappa shape index (κ3) is 6.05. The molecule has 6 rings (SSSR count). The van der Waals surface area contributed by atoms with Crippen molar-refractivity contribution in [1.82, 2.24) is 20.1 Å². The Bertz CT molecular complexity index is 1380. The number of benzene rings is 2. The van der Waals surface area contributed by atoms with Crippen LogP contribution in [0, 0.1) is 0 Å². The number of nitrogens with one attached hydrogen (secondary N) is 1. The van der Waals surface area contributed by atoms with Gasteiger partial charge in [0.05, 0.1) is 23.9 Å². The van der Waals surface area contributed by atoms with Crippen LogP contribution in [-0.2, 0) is 11.2 Å². The Kier molecular flexibility index (Phi) is 7.57. The number of ether oxygens (including phenoxy) is 3. The van der Waals surface area contributed by atoms with Crippen molar-refractivity contribution < 1.29 is 19.0 Å². The second-order valence-corrected chi connectivity index (χ2v) is 8.62. The predicted molar refractivity (Wildman–Crippen MR) is 140 cm³/mol. The minimum absolute atomic E-state index is 0.228. The monoisotopic (exact) mass is 496 g/mol. The molecular formula is C29H28N4O4. The van der Waals surface area contributed by atoms with Crippen LogP contribution < -0.4 is 14.8 Å². The molecule has 1 amide bonds. The molecule has 0 fully saturated rings. The van der Waals surface area contributed by atoms with E-state index in [0.29, 0.717) is 37.6 Å². The van der Waals surface area contributed by atoms with Crippen LogP contribution in [0.2, 0.25) is 0 Å². The lowest BCUT2D eigenvalue weighted by Crippen LogP contribution is -2.40. The summed E-state index contributed by atoms with van der Waals surface area (Å²) in [6.07, 6.45) is 7.92. The summed E-state index contributed by atoms with van der Waals surface area (Å²) in [5.74, 6) is 1.71. The molecule has 0 spiro atoms. The molecule has 6 bridgehead atoms. The van der Waals surface area contributed by atoms with Crippen LogP contribution >= 0.6 is 0 Å². The van der Waals surface area contributed by atoms with Gasteiger partial charge in [-0.05, 0) is 66.6 Å². The second-order valence-electron chi connectivity index (χ2n) is 8.62. The lowest BCUT2D eigenvalue weighted by Gasteiger charge is -2.19. The molecule has 2 aliphatic rings. The fraction of sp³-hybridized carbons (Fsp3) is 0.207. The van der Waals surface area contributed by atoms with Gasteiger partial charge in [0.15, 0.2) is 5.82 Å². The molecule has 0 radical (unpaired) electrons. The first kappa shape index (κ1) is 24.3. The van der Waals surface area contributed by atoms with Crippen molar-refractivity contribution in [2.45, 2.75) is 12.5 Å². The van der Waals surface area contributed by atoms with Gasteiger partial charge in [-0.15, -0.1) is 0 Å². The Morgan fingerprint density at radius 3 is 2.62 bits per heavy atom. The number of hydrogen-bond donors (Lipinski definition) is 1. The van der Waals surface area contributed by atoms with E-state index >= 15 is 0 Å². The number of pyridine rings is 1. The van der Waals surface area contributed by atoms with Gasteiger partial charge in [-0.3, -0.25) is 4.79 Å². The van der Waals surface area contributed by atoms with Gasteiger partial charge < -0.3 is 19.5 Å². The van der Waals surface area contributed by atoms with E-state index in [1.807, 2.05) is 66.7 Å². The van der Waals surface area contributed by atoms with Gasteiger partial charge in [0.25, 0.3) is 5.91 Å². The van der Waals surface area contributed by atoms with E-state index in [1.54, 1.807) is 36.3 Å². The molecule has 2 aliphatic heterocycles. The summed E-state index contributed by atoms with van der Waals surface area (Å²) in [4.78, 5) is 17.8. The molecule has 4 aromatic rings. The number of fused-ring (bicyclic) bond motifs is 9. The molecule has 8 heteroatoms. The van der Waals surface area contributed by atoms with E-state index in [1.165, 1.54) is 0 Å². The third-order valence-corrected chi connectivity index (χ3v) is 5.93. The molecule has 1 N–H and O–H groups in total. The maximum Gasteiger partial charge on any atom is 0.255 e. The number of hydrogen-bond acceptors (Lipinski definition) is 6. The highest BCUT2D eigenvalue weighted by molar-refractivity contribution is 5.97. The summed E-state index contributed by atoms with van der Waals surface area (Å²) in [5, 5.41) is 7.80. The van der Waals surface area contributed by atoms with Gasteiger partial charge in [0.1, 0.15) is 24.7 Å². The Morgan fingerprint density at radius 2 is 1.81 bits per heavy atom. The number of rotatable bonds is 2. The van der Waals surface area contributed by atoms with E-state index in [9.17, 15) is 4.79 Å². The highest BCUT2D eigenvalue weighted by atomic mass is 16.5. The van der Waals surface area contributed by atoms with Crippen molar-refractivity contribution in [2.75, 3.05) is 26.9 Å². The molecule has 0 unspecified atom stereocenters. The number of amides is 1. The zero-order valence-corrected chi connectivity index (χ0v) is 20.5. The number of methoxy groups -OCH3 is 1. The van der Waals surface area contributed by atoms with Crippen LogP contribution in [0.5, 0.6) is 11.5 Å². The van der Waals surface area contributed by atoms with Crippen molar-refractivity contribution >= 4 is 5.91 Å². The number of nitrogens with zero attached hydrogens (tertiary/aromatic N) is 3. The zero-order chi connectivity index (χ0) is 25.5. The minimum atomic E-state index is -0.244. The molecule has 1 atom stereocenters. The van der Waals surface area contributed by atoms with Gasteiger partial charge in [0, 0.05) is 25.1 Å². The van der Waals surface area contributed by atoms with Crippen LogP contribution in [-0.4, -0.2) is 53.6 Å². The highest BCUT2D eigenvalue weighted by Crippen LogP contribution is 2.24. The smallest absolute Gasteiger partial charge is 0.255 e. The maximum atomic E-state index is 13.4. The third-order valence-electron chi connectivity index (χ3n) is 5.93. The average Bonchev–Trinajstić information content (AvgIpc) is 3.42.